The van der Waals surface area contributed by atoms with E-state index in [1.807, 2.05) is 0 Å². The first-order valence-corrected chi connectivity index (χ1v) is 9.06. The van der Waals surface area contributed by atoms with Crippen molar-refractivity contribution in [3.8, 4) is 22.3 Å². The van der Waals surface area contributed by atoms with E-state index in [1.54, 1.807) is 23.5 Å². The molecule has 0 unspecified atom stereocenters. The number of benzene rings is 3. The van der Waals surface area contributed by atoms with Crippen molar-refractivity contribution in [2.24, 2.45) is 0 Å². The Balaban J connectivity index is 2.20. The van der Waals surface area contributed by atoms with Gasteiger partial charge in [-0.1, -0.05) is 36.4 Å². The number of amides is 1. The average Bonchev–Trinajstić information content (AvgIpc) is 2.78. The number of nitrogens with zero attached hydrogens (tertiary/aromatic N) is 1. The molecule has 3 aromatic rings. The van der Waals surface area contributed by atoms with Gasteiger partial charge in [-0.2, -0.15) is 13.2 Å². The highest BCUT2D eigenvalue weighted by molar-refractivity contribution is 6.00. The normalized spacial score (nSPS) is 11.0. The van der Waals surface area contributed by atoms with E-state index in [1.165, 1.54) is 55.6 Å². The SMILES string of the molecule is COC(=O)c1ccccc1-c1cc(-c2ccccc2NC(=O)C(F)(F)F)cc([N+](=O)[O-])c1. The highest BCUT2D eigenvalue weighted by Crippen LogP contribution is 2.36. The summed E-state index contributed by atoms with van der Waals surface area (Å²) in [6.45, 7) is 0. The van der Waals surface area contributed by atoms with Gasteiger partial charge in [-0.05, 0) is 34.9 Å². The number of carbonyl (C=O) groups is 2. The van der Waals surface area contributed by atoms with Gasteiger partial charge >= 0.3 is 18.1 Å². The summed E-state index contributed by atoms with van der Waals surface area (Å²) in [6.07, 6.45) is -5.11. The number of rotatable bonds is 5. The van der Waals surface area contributed by atoms with E-state index < -0.39 is 23.0 Å². The van der Waals surface area contributed by atoms with Crippen molar-refractivity contribution < 1.29 is 32.4 Å². The number of hydrogen-bond donors (Lipinski definition) is 1. The number of anilines is 1. The first-order valence-electron chi connectivity index (χ1n) is 9.06. The lowest BCUT2D eigenvalue weighted by atomic mass is 9.94. The third-order valence-electron chi connectivity index (χ3n) is 4.52. The predicted molar refractivity (Wildman–Crippen MR) is 110 cm³/mol. The van der Waals surface area contributed by atoms with Crippen molar-refractivity contribution in [1.29, 1.82) is 0 Å². The summed E-state index contributed by atoms with van der Waals surface area (Å²) in [7, 11) is 1.19. The monoisotopic (exact) mass is 444 g/mol. The van der Waals surface area contributed by atoms with Crippen molar-refractivity contribution in [2.75, 3.05) is 12.4 Å². The minimum Gasteiger partial charge on any atom is -0.465 e. The summed E-state index contributed by atoms with van der Waals surface area (Å²) in [6, 6.07) is 15.7. The third-order valence-corrected chi connectivity index (χ3v) is 4.52. The first-order chi connectivity index (χ1) is 15.1. The summed E-state index contributed by atoms with van der Waals surface area (Å²) in [5.74, 6) is -2.84. The molecule has 10 heteroatoms. The Labute approximate surface area is 179 Å². The molecule has 32 heavy (non-hydrogen) atoms. The number of esters is 1. The zero-order valence-corrected chi connectivity index (χ0v) is 16.5. The number of hydrogen-bond acceptors (Lipinski definition) is 5. The first kappa shape index (κ1) is 22.5. The Morgan fingerprint density at radius 2 is 1.50 bits per heavy atom. The molecule has 3 aromatic carbocycles. The molecule has 0 radical (unpaired) electrons. The van der Waals surface area contributed by atoms with E-state index in [4.69, 9.17) is 4.74 Å². The van der Waals surface area contributed by atoms with Crippen molar-refractivity contribution in [3.05, 3.63) is 82.4 Å². The van der Waals surface area contributed by atoms with Crippen LogP contribution in [0.4, 0.5) is 24.5 Å². The zero-order chi connectivity index (χ0) is 23.5. The van der Waals surface area contributed by atoms with Gasteiger partial charge < -0.3 is 10.1 Å². The fourth-order valence-corrected chi connectivity index (χ4v) is 3.09. The van der Waals surface area contributed by atoms with Crippen LogP contribution < -0.4 is 5.32 Å². The van der Waals surface area contributed by atoms with Gasteiger partial charge in [0.25, 0.3) is 5.69 Å². The summed E-state index contributed by atoms with van der Waals surface area (Å²) in [4.78, 5) is 34.4. The predicted octanol–water partition coefficient (Wildman–Crippen LogP) is 5.22. The van der Waals surface area contributed by atoms with E-state index in [9.17, 15) is 32.9 Å². The van der Waals surface area contributed by atoms with Gasteiger partial charge in [0.05, 0.1) is 17.6 Å². The highest BCUT2D eigenvalue weighted by atomic mass is 19.4. The Hall–Kier alpha value is -4.21. The van der Waals surface area contributed by atoms with Gasteiger partial charge in [0.2, 0.25) is 0 Å². The van der Waals surface area contributed by atoms with Crippen LogP contribution in [0, 0.1) is 10.1 Å². The second kappa shape index (κ2) is 8.88. The number of carbonyl (C=O) groups excluding carboxylic acids is 2. The topological polar surface area (TPSA) is 98.5 Å². The van der Waals surface area contributed by atoms with Crippen LogP contribution >= 0.6 is 0 Å². The quantitative estimate of drug-likeness (QED) is 0.331. The number of ether oxygens (including phenoxy) is 1. The maximum absolute atomic E-state index is 12.7. The molecule has 0 bridgehead atoms. The molecule has 0 saturated heterocycles. The number of para-hydroxylation sites is 1. The van der Waals surface area contributed by atoms with E-state index >= 15 is 0 Å². The highest BCUT2D eigenvalue weighted by Gasteiger charge is 2.39. The van der Waals surface area contributed by atoms with E-state index in [0.29, 0.717) is 5.56 Å². The van der Waals surface area contributed by atoms with E-state index in [2.05, 4.69) is 0 Å². The van der Waals surface area contributed by atoms with Crippen LogP contribution in [0.5, 0.6) is 0 Å². The molecule has 0 spiro atoms. The molecule has 0 aliphatic heterocycles. The molecule has 0 atom stereocenters. The van der Waals surface area contributed by atoms with Crippen molar-refractivity contribution in [2.45, 2.75) is 6.18 Å². The van der Waals surface area contributed by atoms with Gasteiger partial charge in [-0.3, -0.25) is 14.9 Å². The third kappa shape index (κ3) is 4.75. The molecule has 1 amide bonds. The van der Waals surface area contributed by atoms with Gasteiger partial charge in [0.15, 0.2) is 0 Å². The molecule has 0 aliphatic carbocycles. The largest absolute Gasteiger partial charge is 0.471 e. The Morgan fingerprint density at radius 3 is 2.09 bits per heavy atom. The molecule has 0 saturated carbocycles. The fourth-order valence-electron chi connectivity index (χ4n) is 3.09. The van der Waals surface area contributed by atoms with Crippen molar-refractivity contribution in [1.82, 2.24) is 0 Å². The molecule has 164 valence electrons. The number of nitro groups is 1. The Kier molecular flexibility index (Phi) is 6.24. The minimum atomic E-state index is -5.11. The molecule has 0 heterocycles. The second-order valence-corrected chi connectivity index (χ2v) is 6.56. The molecule has 3 rings (SSSR count). The lowest BCUT2D eigenvalue weighted by molar-refractivity contribution is -0.384. The summed E-state index contributed by atoms with van der Waals surface area (Å²) in [5.41, 5.74) is 0.530. The molecule has 0 aromatic heterocycles. The number of non-ortho nitro benzene ring substituents is 1. The maximum Gasteiger partial charge on any atom is 0.471 e. The van der Waals surface area contributed by atoms with Crippen LogP contribution in [0.25, 0.3) is 22.3 Å². The molecule has 7 nitrogen and oxygen atoms in total. The standard InChI is InChI=1S/C22H15F3N2O5/c1-32-20(28)18-8-3-2-6-16(18)13-10-14(12-15(11-13)27(30)31)17-7-4-5-9-19(17)26-21(29)22(23,24)25/h2-12H,1H3,(H,26,29). The number of alkyl halides is 3. The minimum absolute atomic E-state index is 0.130. The molecule has 0 aliphatic rings. The zero-order valence-electron chi connectivity index (χ0n) is 16.5. The summed E-state index contributed by atoms with van der Waals surface area (Å²) < 4.78 is 43.0. The van der Waals surface area contributed by atoms with Crippen LogP contribution in [-0.2, 0) is 9.53 Å². The molecule has 1 N–H and O–H groups in total. The average molecular weight is 444 g/mol. The second-order valence-electron chi connectivity index (χ2n) is 6.56. The lowest BCUT2D eigenvalue weighted by Gasteiger charge is -2.14. The van der Waals surface area contributed by atoms with Crippen molar-refractivity contribution >= 4 is 23.3 Å². The Bertz CT molecular complexity index is 1210. The number of nitrogens with one attached hydrogen (secondary N) is 1. The lowest BCUT2D eigenvalue weighted by Crippen LogP contribution is -2.30. The fraction of sp³-hybridized carbons (Fsp3) is 0.0909. The molecular formula is C22H15F3N2O5. The maximum atomic E-state index is 12.7. The van der Waals surface area contributed by atoms with Gasteiger partial charge in [0, 0.05) is 23.4 Å². The van der Waals surface area contributed by atoms with Crippen LogP contribution in [-0.4, -0.2) is 30.1 Å². The summed E-state index contributed by atoms with van der Waals surface area (Å²) in [5, 5.41) is 13.3. The van der Waals surface area contributed by atoms with Gasteiger partial charge in [-0.25, -0.2) is 4.79 Å². The van der Waals surface area contributed by atoms with Crippen LogP contribution in [0.3, 0.4) is 0 Å². The van der Waals surface area contributed by atoms with Gasteiger partial charge in [-0.15, -0.1) is 0 Å². The van der Waals surface area contributed by atoms with Crippen LogP contribution in [0.1, 0.15) is 10.4 Å². The van der Waals surface area contributed by atoms with Crippen LogP contribution in [0.15, 0.2) is 66.7 Å². The van der Waals surface area contributed by atoms with E-state index in [-0.39, 0.29) is 33.6 Å². The number of nitro benzene ring substituents is 1. The number of halogens is 3. The molecular weight excluding hydrogens is 429 g/mol. The van der Waals surface area contributed by atoms with Gasteiger partial charge in [0.1, 0.15) is 0 Å². The summed E-state index contributed by atoms with van der Waals surface area (Å²) >= 11 is 0. The Morgan fingerprint density at radius 1 is 0.938 bits per heavy atom. The van der Waals surface area contributed by atoms with E-state index in [0.717, 1.165) is 0 Å². The number of methoxy groups -OCH3 is 1. The molecule has 0 fully saturated rings. The van der Waals surface area contributed by atoms with Crippen molar-refractivity contribution in [3.63, 3.8) is 0 Å². The smallest absolute Gasteiger partial charge is 0.465 e. The van der Waals surface area contributed by atoms with Crippen LogP contribution in [0.2, 0.25) is 0 Å².